The Hall–Kier alpha value is -1.86. The first-order valence-corrected chi connectivity index (χ1v) is 11.0. The van der Waals surface area contributed by atoms with Gasteiger partial charge in [-0.1, -0.05) is 46.3 Å². The van der Waals surface area contributed by atoms with Gasteiger partial charge in [0, 0.05) is 15.4 Å². The largest absolute Gasteiger partial charge is 0.346 e. The van der Waals surface area contributed by atoms with Crippen molar-refractivity contribution in [1.82, 2.24) is 5.32 Å². The van der Waals surface area contributed by atoms with Crippen LogP contribution in [0.1, 0.15) is 35.2 Å². The Balaban J connectivity index is 1.49. The predicted molar refractivity (Wildman–Crippen MR) is 105 cm³/mol. The summed E-state index contributed by atoms with van der Waals surface area (Å²) < 4.78 is 26.3. The first-order chi connectivity index (χ1) is 12.2. The van der Waals surface area contributed by atoms with E-state index in [2.05, 4.69) is 38.1 Å². The van der Waals surface area contributed by atoms with E-state index in [9.17, 15) is 13.2 Å². The van der Waals surface area contributed by atoms with Gasteiger partial charge in [-0.2, -0.15) is 0 Å². The summed E-state index contributed by atoms with van der Waals surface area (Å²) in [6.45, 7) is 0. The summed E-state index contributed by atoms with van der Waals surface area (Å²) in [5.41, 5.74) is 1.98. The van der Waals surface area contributed by atoms with Crippen LogP contribution in [0.3, 0.4) is 0 Å². The van der Waals surface area contributed by atoms with Crippen LogP contribution in [0.5, 0.6) is 0 Å². The summed E-state index contributed by atoms with van der Waals surface area (Å²) in [6.07, 6.45) is 3.86. The number of sulfonamides is 1. The normalized spacial score (nSPS) is 26.4. The molecule has 0 spiro atoms. The van der Waals surface area contributed by atoms with Crippen LogP contribution in [0, 0.1) is 0 Å². The smallest absolute Gasteiger partial charge is 0.253 e. The van der Waals surface area contributed by atoms with Crippen LogP contribution in [-0.2, 0) is 15.4 Å². The van der Waals surface area contributed by atoms with Gasteiger partial charge < -0.3 is 5.32 Å². The molecule has 3 saturated carbocycles. The van der Waals surface area contributed by atoms with Gasteiger partial charge in [-0.25, -0.2) is 8.42 Å². The zero-order chi connectivity index (χ0) is 18.6. The number of halogens is 1. The summed E-state index contributed by atoms with van der Waals surface area (Å²) in [4.78, 5) is 12.8. The summed E-state index contributed by atoms with van der Waals surface area (Å²) in [5.74, 6) is -0.245. The van der Waals surface area contributed by atoms with Crippen LogP contribution in [-0.4, -0.2) is 26.1 Å². The highest BCUT2D eigenvalue weighted by atomic mass is 79.9. The van der Waals surface area contributed by atoms with E-state index in [1.54, 1.807) is 18.2 Å². The number of nitrogens with one attached hydrogen (secondary N) is 2. The Bertz CT molecular complexity index is 969. The Morgan fingerprint density at radius 3 is 2.35 bits per heavy atom. The number of hydrogen-bond acceptors (Lipinski definition) is 3. The standard InChI is InChI=1S/C19H19BrN2O3S/c1-26(24,25)22-16-9-14(20)7-8-15(16)17(23)21-19-10-18(11-19,12-19)13-5-3-2-4-6-13/h2-9,22H,10-12H2,1H3,(H,21,23). The second-order valence-electron chi connectivity index (χ2n) is 7.48. The lowest BCUT2D eigenvalue weighted by Crippen LogP contribution is -2.76. The molecule has 2 aromatic carbocycles. The molecular weight excluding hydrogens is 416 g/mol. The molecule has 3 aliphatic rings. The Morgan fingerprint density at radius 1 is 1.08 bits per heavy atom. The van der Waals surface area contributed by atoms with Crippen molar-refractivity contribution in [1.29, 1.82) is 0 Å². The van der Waals surface area contributed by atoms with Crippen molar-refractivity contribution in [2.75, 3.05) is 11.0 Å². The molecule has 0 aromatic heterocycles. The van der Waals surface area contributed by atoms with E-state index < -0.39 is 10.0 Å². The van der Waals surface area contributed by atoms with Crippen LogP contribution in [0.25, 0.3) is 0 Å². The zero-order valence-corrected chi connectivity index (χ0v) is 16.7. The van der Waals surface area contributed by atoms with E-state index in [-0.39, 0.29) is 22.5 Å². The second kappa shape index (κ2) is 5.82. The third-order valence-electron chi connectivity index (χ3n) is 5.32. The van der Waals surface area contributed by atoms with Crippen molar-refractivity contribution in [3.8, 4) is 0 Å². The lowest BCUT2D eigenvalue weighted by molar-refractivity contribution is -0.0807. The Morgan fingerprint density at radius 2 is 1.73 bits per heavy atom. The van der Waals surface area contributed by atoms with E-state index in [0.717, 1.165) is 25.5 Å². The lowest BCUT2D eigenvalue weighted by Gasteiger charge is -2.71. The molecule has 5 nitrogen and oxygen atoms in total. The molecule has 2 bridgehead atoms. The molecule has 0 heterocycles. The van der Waals surface area contributed by atoms with Crippen LogP contribution < -0.4 is 10.0 Å². The third kappa shape index (κ3) is 3.03. The molecule has 0 aliphatic heterocycles. The fraction of sp³-hybridized carbons (Fsp3) is 0.316. The average molecular weight is 435 g/mol. The molecule has 2 aromatic rings. The Kier molecular flexibility index (Phi) is 3.93. The fourth-order valence-corrected chi connectivity index (χ4v) is 5.25. The van der Waals surface area contributed by atoms with E-state index in [1.807, 2.05) is 18.2 Å². The van der Waals surface area contributed by atoms with Crippen LogP contribution in [0.4, 0.5) is 5.69 Å². The highest BCUT2D eigenvalue weighted by molar-refractivity contribution is 9.10. The summed E-state index contributed by atoms with van der Waals surface area (Å²) in [7, 11) is -3.47. The van der Waals surface area contributed by atoms with Gasteiger partial charge in [0.05, 0.1) is 17.5 Å². The number of amides is 1. The molecule has 5 rings (SSSR count). The molecule has 0 atom stereocenters. The van der Waals surface area contributed by atoms with E-state index >= 15 is 0 Å². The highest BCUT2D eigenvalue weighted by Crippen LogP contribution is 2.67. The first kappa shape index (κ1) is 17.5. The van der Waals surface area contributed by atoms with Gasteiger partial charge in [0.1, 0.15) is 0 Å². The molecular formula is C19H19BrN2O3S. The fourth-order valence-electron chi connectivity index (χ4n) is 4.33. The van der Waals surface area contributed by atoms with Crippen molar-refractivity contribution in [2.24, 2.45) is 0 Å². The number of hydrogen-bond donors (Lipinski definition) is 2. The predicted octanol–water partition coefficient (Wildman–Crippen LogP) is 3.42. The maximum atomic E-state index is 12.8. The minimum atomic E-state index is -3.47. The van der Waals surface area contributed by atoms with Gasteiger partial charge >= 0.3 is 0 Å². The van der Waals surface area contributed by atoms with Gasteiger partial charge in [0.25, 0.3) is 5.91 Å². The number of rotatable bonds is 5. The minimum Gasteiger partial charge on any atom is -0.346 e. The maximum Gasteiger partial charge on any atom is 0.253 e. The minimum absolute atomic E-state index is 0.164. The van der Waals surface area contributed by atoms with E-state index in [4.69, 9.17) is 0 Å². The quantitative estimate of drug-likeness (QED) is 0.756. The lowest BCUT2D eigenvalue weighted by atomic mass is 9.37. The van der Waals surface area contributed by atoms with E-state index in [1.165, 1.54) is 5.56 Å². The van der Waals surface area contributed by atoms with Gasteiger partial charge in [-0.3, -0.25) is 9.52 Å². The average Bonchev–Trinajstić information content (AvgIpc) is 2.48. The molecule has 26 heavy (non-hydrogen) atoms. The van der Waals surface area contributed by atoms with Crippen LogP contribution in [0.2, 0.25) is 0 Å². The van der Waals surface area contributed by atoms with Crippen molar-refractivity contribution in [3.05, 3.63) is 64.1 Å². The number of carbonyl (C=O) groups excluding carboxylic acids is 1. The summed E-state index contributed by atoms with van der Waals surface area (Å²) in [5, 5.41) is 3.13. The van der Waals surface area contributed by atoms with Crippen LogP contribution in [0.15, 0.2) is 53.0 Å². The summed E-state index contributed by atoms with van der Waals surface area (Å²) >= 11 is 3.31. The molecule has 2 N–H and O–H groups in total. The molecule has 0 saturated heterocycles. The topological polar surface area (TPSA) is 75.3 Å². The van der Waals surface area contributed by atoms with Crippen molar-refractivity contribution >= 4 is 37.5 Å². The van der Waals surface area contributed by atoms with Gasteiger partial charge in [-0.05, 0) is 43.0 Å². The first-order valence-electron chi connectivity index (χ1n) is 8.36. The molecule has 136 valence electrons. The SMILES string of the molecule is CS(=O)(=O)Nc1cc(Br)ccc1C(=O)NC12CC(c3ccccc3)(C1)C2. The second-order valence-corrected chi connectivity index (χ2v) is 10.1. The third-order valence-corrected chi connectivity index (χ3v) is 6.40. The molecule has 1 amide bonds. The number of carbonyl (C=O) groups is 1. The molecule has 7 heteroatoms. The number of benzene rings is 2. The van der Waals surface area contributed by atoms with Crippen LogP contribution >= 0.6 is 15.9 Å². The molecule has 3 aliphatic carbocycles. The monoisotopic (exact) mass is 434 g/mol. The van der Waals surface area contributed by atoms with Gasteiger partial charge in [-0.15, -0.1) is 0 Å². The highest BCUT2D eigenvalue weighted by Gasteiger charge is 2.68. The molecule has 0 unspecified atom stereocenters. The Labute approximate surface area is 161 Å². The van der Waals surface area contributed by atoms with Gasteiger partial charge in [0.15, 0.2) is 0 Å². The number of anilines is 1. The summed E-state index contributed by atoms with van der Waals surface area (Å²) in [6, 6.07) is 15.4. The van der Waals surface area contributed by atoms with Crippen molar-refractivity contribution in [3.63, 3.8) is 0 Å². The molecule has 3 fully saturated rings. The van der Waals surface area contributed by atoms with Gasteiger partial charge in [0.2, 0.25) is 10.0 Å². The van der Waals surface area contributed by atoms with Crippen molar-refractivity contribution < 1.29 is 13.2 Å². The van der Waals surface area contributed by atoms with Crippen molar-refractivity contribution in [2.45, 2.75) is 30.2 Å². The maximum absolute atomic E-state index is 12.8. The zero-order valence-electron chi connectivity index (χ0n) is 14.3. The van der Waals surface area contributed by atoms with E-state index in [0.29, 0.717) is 10.0 Å². The molecule has 0 radical (unpaired) electrons.